The molecule has 0 saturated carbocycles. The Morgan fingerprint density at radius 3 is 2.79 bits per heavy atom. The first-order valence-corrected chi connectivity index (χ1v) is 5.72. The molecule has 2 rings (SSSR count). The molecule has 0 aliphatic rings. The molecule has 98 valence electrons. The molecule has 2 aromatic rings. The Balaban J connectivity index is 2.41. The summed E-state index contributed by atoms with van der Waals surface area (Å²) in [5.74, 6) is -0.844. The SMILES string of the molecule is CC(=O)c1nn(Cc2cncc(F)c2)c(Cl)c1C=O. The molecule has 0 aliphatic heterocycles. The summed E-state index contributed by atoms with van der Waals surface area (Å²) in [6, 6.07) is 1.28. The third kappa shape index (κ3) is 2.68. The quantitative estimate of drug-likeness (QED) is 0.636. The van der Waals surface area contributed by atoms with Gasteiger partial charge in [-0.15, -0.1) is 0 Å². The molecule has 2 heterocycles. The van der Waals surface area contributed by atoms with Gasteiger partial charge in [-0.3, -0.25) is 14.6 Å². The van der Waals surface area contributed by atoms with Crippen LogP contribution in [0.25, 0.3) is 0 Å². The van der Waals surface area contributed by atoms with Crippen molar-refractivity contribution in [3.05, 3.63) is 46.3 Å². The van der Waals surface area contributed by atoms with Crippen molar-refractivity contribution in [2.75, 3.05) is 0 Å². The maximum Gasteiger partial charge on any atom is 0.180 e. The van der Waals surface area contributed by atoms with Crippen LogP contribution >= 0.6 is 11.6 Å². The summed E-state index contributed by atoms with van der Waals surface area (Å²) in [6.07, 6.45) is 3.01. The van der Waals surface area contributed by atoms with Gasteiger partial charge >= 0.3 is 0 Å². The first-order valence-electron chi connectivity index (χ1n) is 5.34. The van der Waals surface area contributed by atoms with Crippen molar-refractivity contribution < 1.29 is 14.0 Å². The number of aldehydes is 1. The van der Waals surface area contributed by atoms with E-state index in [4.69, 9.17) is 11.6 Å². The minimum atomic E-state index is -0.483. The van der Waals surface area contributed by atoms with Crippen LogP contribution in [0.3, 0.4) is 0 Å². The number of hydrogen-bond donors (Lipinski definition) is 0. The van der Waals surface area contributed by atoms with Gasteiger partial charge in [0.2, 0.25) is 0 Å². The second kappa shape index (κ2) is 5.27. The fraction of sp³-hybridized carbons (Fsp3) is 0.167. The van der Waals surface area contributed by atoms with Crippen LogP contribution in [-0.2, 0) is 6.54 Å². The number of ketones is 1. The molecule has 0 unspecified atom stereocenters. The molecule has 0 aliphatic carbocycles. The van der Waals surface area contributed by atoms with Gasteiger partial charge in [-0.2, -0.15) is 5.10 Å². The Kier molecular flexibility index (Phi) is 3.71. The second-order valence-electron chi connectivity index (χ2n) is 3.90. The van der Waals surface area contributed by atoms with Crippen LogP contribution in [0, 0.1) is 5.82 Å². The van der Waals surface area contributed by atoms with Gasteiger partial charge in [0.25, 0.3) is 0 Å². The Morgan fingerprint density at radius 1 is 1.53 bits per heavy atom. The average Bonchev–Trinajstić information content (AvgIpc) is 2.66. The van der Waals surface area contributed by atoms with Gasteiger partial charge in [-0.1, -0.05) is 11.6 Å². The molecule has 2 aromatic heterocycles. The standard InChI is InChI=1S/C12H9ClFN3O2/c1-7(19)11-10(6-18)12(13)17(16-11)5-8-2-9(14)4-15-3-8/h2-4,6H,5H2,1H3. The molecule has 0 bridgehead atoms. The molecule has 0 saturated heterocycles. The number of carbonyl (C=O) groups is 2. The Morgan fingerprint density at radius 2 is 2.26 bits per heavy atom. The minimum absolute atomic E-state index is 0.00404. The highest BCUT2D eigenvalue weighted by Crippen LogP contribution is 2.20. The van der Waals surface area contributed by atoms with Gasteiger partial charge in [-0.05, 0) is 11.6 Å². The predicted octanol–water partition coefficient (Wildman–Crippen LogP) is 2.13. The normalized spacial score (nSPS) is 10.5. The largest absolute Gasteiger partial charge is 0.298 e. The van der Waals surface area contributed by atoms with Gasteiger partial charge in [0.15, 0.2) is 12.1 Å². The lowest BCUT2D eigenvalue weighted by molar-refractivity contribution is 0.100. The van der Waals surface area contributed by atoms with Crippen molar-refractivity contribution in [1.29, 1.82) is 0 Å². The zero-order valence-electron chi connectivity index (χ0n) is 9.93. The summed E-state index contributed by atoms with van der Waals surface area (Å²) >= 11 is 5.97. The molecule has 0 amide bonds. The van der Waals surface area contributed by atoms with E-state index in [1.54, 1.807) is 0 Å². The summed E-state index contributed by atoms with van der Waals surface area (Å²) in [5.41, 5.74) is 0.569. The Bertz CT molecular complexity index is 654. The number of carbonyl (C=O) groups excluding carboxylic acids is 2. The average molecular weight is 282 g/mol. The molecule has 0 radical (unpaired) electrons. The minimum Gasteiger partial charge on any atom is -0.298 e. The molecule has 0 spiro atoms. The first-order chi connectivity index (χ1) is 9.02. The van der Waals surface area contributed by atoms with E-state index in [0.29, 0.717) is 11.8 Å². The monoisotopic (exact) mass is 281 g/mol. The number of rotatable bonds is 4. The van der Waals surface area contributed by atoms with Gasteiger partial charge in [-0.25, -0.2) is 9.07 Å². The van der Waals surface area contributed by atoms with Crippen LogP contribution in [0.5, 0.6) is 0 Å². The van der Waals surface area contributed by atoms with Crippen molar-refractivity contribution >= 4 is 23.7 Å². The maximum absolute atomic E-state index is 13.0. The van der Waals surface area contributed by atoms with Gasteiger partial charge < -0.3 is 0 Å². The highest BCUT2D eigenvalue weighted by Gasteiger charge is 2.19. The smallest absolute Gasteiger partial charge is 0.180 e. The summed E-state index contributed by atoms with van der Waals surface area (Å²) in [4.78, 5) is 25.9. The number of Topliss-reactive ketones (excluding diaryl/α,β-unsaturated/α-hetero) is 1. The third-order valence-electron chi connectivity index (χ3n) is 2.47. The zero-order chi connectivity index (χ0) is 14.0. The van der Waals surface area contributed by atoms with Gasteiger partial charge in [0, 0.05) is 13.1 Å². The van der Waals surface area contributed by atoms with Gasteiger partial charge in [0.1, 0.15) is 16.7 Å². The van der Waals surface area contributed by atoms with Crippen LogP contribution in [-0.4, -0.2) is 26.8 Å². The molecular formula is C12H9ClFN3O2. The van der Waals surface area contributed by atoms with E-state index in [9.17, 15) is 14.0 Å². The molecule has 0 fully saturated rings. The Labute approximate surface area is 113 Å². The van der Waals surface area contributed by atoms with Crippen LogP contribution in [0.4, 0.5) is 4.39 Å². The lowest BCUT2D eigenvalue weighted by Gasteiger charge is -2.02. The first kappa shape index (κ1) is 13.4. The van der Waals surface area contributed by atoms with Crippen LogP contribution in [0.1, 0.15) is 33.3 Å². The highest BCUT2D eigenvalue weighted by atomic mass is 35.5. The summed E-state index contributed by atoms with van der Waals surface area (Å²) in [5, 5.41) is 4.00. The number of halogens is 2. The number of nitrogens with zero attached hydrogens (tertiary/aromatic N) is 3. The Hall–Kier alpha value is -2.08. The maximum atomic E-state index is 13.0. The third-order valence-corrected chi connectivity index (χ3v) is 2.87. The fourth-order valence-electron chi connectivity index (χ4n) is 1.64. The van der Waals surface area contributed by atoms with E-state index in [-0.39, 0.29) is 28.7 Å². The van der Waals surface area contributed by atoms with E-state index in [2.05, 4.69) is 10.1 Å². The van der Waals surface area contributed by atoms with Gasteiger partial charge in [0.05, 0.1) is 18.3 Å². The summed E-state index contributed by atoms with van der Waals surface area (Å²) in [6.45, 7) is 1.41. The predicted molar refractivity (Wildman–Crippen MR) is 65.9 cm³/mol. The van der Waals surface area contributed by atoms with Crippen LogP contribution in [0.15, 0.2) is 18.5 Å². The lowest BCUT2D eigenvalue weighted by atomic mass is 10.2. The molecule has 5 nitrogen and oxygen atoms in total. The van der Waals surface area contributed by atoms with E-state index < -0.39 is 5.82 Å². The molecule has 0 N–H and O–H groups in total. The van der Waals surface area contributed by atoms with Crippen LogP contribution in [0.2, 0.25) is 5.15 Å². The molecule has 7 heteroatoms. The van der Waals surface area contributed by atoms with E-state index in [1.807, 2.05) is 0 Å². The fourth-order valence-corrected chi connectivity index (χ4v) is 1.87. The zero-order valence-corrected chi connectivity index (χ0v) is 10.7. The lowest BCUT2D eigenvalue weighted by Crippen LogP contribution is -2.04. The molecule has 0 aromatic carbocycles. The van der Waals surface area contributed by atoms with E-state index in [1.165, 1.54) is 23.9 Å². The molecule has 0 atom stereocenters. The summed E-state index contributed by atoms with van der Waals surface area (Å²) < 4.78 is 14.3. The molecular weight excluding hydrogens is 273 g/mol. The van der Waals surface area contributed by atoms with Crippen molar-refractivity contribution in [2.24, 2.45) is 0 Å². The second-order valence-corrected chi connectivity index (χ2v) is 4.25. The topological polar surface area (TPSA) is 64.8 Å². The summed E-state index contributed by atoms with van der Waals surface area (Å²) in [7, 11) is 0. The van der Waals surface area contributed by atoms with Crippen molar-refractivity contribution in [3.63, 3.8) is 0 Å². The number of pyridine rings is 1. The number of hydrogen-bond acceptors (Lipinski definition) is 4. The number of aromatic nitrogens is 3. The van der Waals surface area contributed by atoms with E-state index >= 15 is 0 Å². The highest BCUT2D eigenvalue weighted by molar-refractivity contribution is 6.32. The van der Waals surface area contributed by atoms with Crippen molar-refractivity contribution in [2.45, 2.75) is 13.5 Å². The van der Waals surface area contributed by atoms with Crippen molar-refractivity contribution in [1.82, 2.24) is 14.8 Å². The molecule has 19 heavy (non-hydrogen) atoms. The van der Waals surface area contributed by atoms with E-state index in [0.717, 1.165) is 6.20 Å². The van der Waals surface area contributed by atoms with Crippen LogP contribution < -0.4 is 0 Å². The van der Waals surface area contributed by atoms with Crippen molar-refractivity contribution in [3.8, 4) is 0 Å².